The van der Waals surface area contributed by atoms with Crippen LogP contribution in [-0.2, 0) is 22.4 Å². The molecule has 0 atom stereocenters. The summed E-state index contributed by atoms with van der Waals surface area (Å²) in [5.41, 5.74) is 2.49. The molecule has 0 saturated carbocycles. The summed E-state index contributed by atoms with van der Waals surface area (Å²) in [6, 6.07) is 8.39. The molecule has 1 saturated heterocycles. The zero-order valence-corrected chi connectivity index (χ0v) is 13.1. The normalized spacial score (nSPS) is 15.0. The van der Waals surface area contributed by atoms with E-state index in [1.165, 1.54) is 11.1 Å². The Morgan fingerprint density at radius 1 is 0.955 bits per heavy atom. The lowest BCUT2D eigenvalue weighted by atomic mass is 10.1. The molecule has 1 N–H and O–H groups in total. The van der Waals surface area contributed by atoms with Gasteiger partial charge in [-0.1, -0.05) is 31.2 Å². The van der Waals surface area contributed by atoms with Crippen LogP contribution in [0.1, 0.15) is 24.5 Å². The largest absolute Gasteiger partial charge is 0.387 e. The van der Waals surface area contributed by atoms with Gasteiger partial charge in [-0.3, -0.25) is 9.59 Å². The molecular weight excluding hydrogens is 280 g/mol. The lowest BCUT2D eigenvalue weighted by Crippen LogP contribution is -2.51. The van der Waals surface area contributed by atoms with Gasteiger partial charge in [-0.15, -0.1) is 0 Å². The van der Waals surface area contributed by atoms with Gasteiger partial charge in [0.2, 0.25) is 11.8 Å². The van der Waals surface area contributed by atoms with Gasteiger partial charge in [-0.2, -0.15) is 0 Å². The lowest BCUT2D eigenvalue weighted by molar-refractivity contribution is -0.141. The van der Waals surface area contributed by atoms with E-state index in [2.05, 4.69) is 31.2 Å². The summed E-state index contributed by atoms with van der Waals surface area (Å²) in [4.78, 5) is 27.0. The predicted octanol–water partition coefficient (Wildman–Crippen LogP) is 0.845. The van der Waals surface area contributed by atoms with Crippen molar-refractivity contribution >= 4 is 11.8 Å². The van der Waals surface area contributed by atoms with Crippen molar-refractivity contribution in [3.63, 3.8) is 0 Å². The van der Waals surface area contributed by atoms with E-state index in [9.17, 15) is 9.59 Å². The number of piperazine rings is 1. The van der Waals surface area contributed by atoms with Crippen molar-refractivity contribution in [2.24, 2.45) is 0 Å². The second kappa shape index (κ2) is 7.94. The summed E-state index contributed by atoms with van der Waals surface area (Å²) in [6.07, 6.45) is 2.27. The highest BCUT2D eigenvalue weighted by molar-refractivity contribution is 5.79. The topological polar surface area (TPSA) is 60.9 Å². The maximum atomic E-state index is 12.2. The molecule has 0 aromatic heterocycles. The van der Waals surface area contributed by atoms with E-state index in [1.54, 1.807) is 4.90 Å². The van der Waals surface area contributed by atoms with Crippen LogP contribution in [0.4, 0.5) is 0 Å². The Hall–Kier alpha value is -1.88. The first-order chi connectivity index (χ1) is 10.6. The van der Waals surface area contributed by atoms with Crippen molar-refractivity contribution in [2.75, 3.05) is 32.8 Å². The van der Waals surface area contributed by atoms with Crippen molar-refractivity contribution in [1.82, 2.24) is 9.80 Å². The monoisotopic (exact) mass is 304 g/mol. The average Bonchev–Trinajstić information content (AvgIpc) is 2.59. The first-order valence-electron chi connectivity index (χ1n) is 7.88. The second-order valence-corrected chi connectivity index (χ2v) is 5.59. The highest BCUT2D eigenvalue weighted by atomic mass is 16.3. The van der Waals surface area contributed by atoms with Gasteiger partial charge in [-0.05, 0) is 24.0 Å². The molecule has 0 aliphatic carbocycles. The standard InChI is InChI=1S/C17H24N2O3/c1-2-14-3-5-15(6-4-14)7-8-16(21)18-9-11-19(12-10-18)17(22)13-20/h3-6,20H,2,7-13H2,1H3. The number of benzene rings is 1. The minimum Gasteiger partial charge on any atom is -0.387 e. The molecular formula is C17H24N2O3. The van der Waals surface area contributed by atoms with E-state index in [0.29, 0.717) is 32.6 Å². The van der Waals surface area contributed by atoms with E-state index in [4.69, 9.17) is 5.11 Å². The van der Waals surface area contributed by atoms with Crippen molar-refractivity contribution in [3.05, 3.63) is 35.4 Å². The molecule has 0 spiro atoms. The summed E-state index contributed by atoms with van der Waals surface area (Å²) in [7, 11) is 0. The Morgan fingerprint density at radius 3 is 1.95 bits per heavy atom. The number of hydrogen-bond acceptors (Lipinski definition) is 3. The van der Waals surface area contributed by atoms with E-state index in [0.717, 1.165) is 12.8 Å². The van der Waals surface area contributed by atoms with Gasteiger partial charge in [0, 0.05) is 32.6 Å². The van der Waals surface area contributed by atoms with Crippen LogP contribution in [-0.4, -0.2) is 59.5 Å². The van der Waals surface area contributed by atoms with Crippen LogP contribution >= 0.6 is 0 Å². The van der Waals surface area contributed by atoms with E-state index >= 15 is 0 Å². The number of carbonyl (C=O) groups is 2. The molecule has 2 rings (SSSR count). The zero-order valence-electron chi connectivity index (χ0n) is 13.1. The fraction of sp³-hybridized carbons (Fsp3) is 0.529. The Balaban J connectivity index is 1.77. The Morgan fingerprint density at radius 2 is 1.45 bits per heavy atom. The van der Waals surface area contributed by atoms with Crippen LogP contribution in [0.5, 0.6) is 0 Å². The van der Waals surface area contributed by atoms with Crippen molar-refractivity contribution in [2.45, 2.75) is 26.2 Å². The number of aliphatic hydroxyl groups is 1. The molecule has 1 aromatic rings. The SMILES string of the molecule is CCc1ccc(CCC(=O)N2CCN(C(=O)CO)CC2)cc1. The predicted molar refractivity (Wildman–Crippen MR) is 84.4 cm³/mol. The molecule has 5 nitrogen and oxygen atoms in total. The molecule has 0 radical (unpaired) electrons. The smallest absolute Gasteiger partial charge is 0.248 e. The van der Waals surface area contributed by atoms with Crippen LogP contribution in [0.25, 0.3) is 0 Å². The summed E-state index contributed by atoms with van der Waals surface area (Å²) in [5.74, 6) is -0.126. The number of aliphatic hydroxyl groups excluding tert-OH is 1. The van der Waals surface area contributed by atoms with E-state index in [1.807, 2.05) is 4.90 Å². The van der Waals surface area contributed by atoms with Gasteiger partial charge in [0.15, 0.2) is 0 Å². The Labute approximate surface area is 131 Å². The Bertz CT molecular complexity index is 505. The van der Waals surface area contributed by atoms with Gasteiger partial charge in [0.25, 0.3) is 0 Å². The lowest BCUT2D eigenvalue weighted by Gasteiger charge is -2.34. The third-order valence-corrected chi connectivity index (χ3v) is 4.18. The zero-order chi connectivity index (χ0) is 15.9. The van der Waals surface area contributed by atoms with Gasteiger partial charge in [0.05, 0.1) is 0 Å². The molecule has 5 heteroatoms. The van der Waals surface area contributed by atoms with Crippen LogP contribution < -0.4 is 0 Å². The van der Waals surface area contributed by atoms with Gasteiger partial charge < -0.3 is 14.9 Å². The first-order valence-corrected chi connectivity index (χ1v) is 7.88. The summed E-state index contributed by atoms with van der Waals surface area (Å²) in [5, 5.41) is 8.84. The molecule has 120 valence electrons. The van der Waals surface area contributed by atoms with Crippen molar-refractivity contribution < 1.29 is 14.7 Å². The molecule has 1 heterocycles. The molecule has 22 heavy (non-hydrogen) atoms. The number of aryl methyl sites for hydroxylation is 2. The highest BCUT2D eigenvalue weighted by Crippen LogP contribution is 2.10. The number of amides is 2. The number of carbonyl (C=O) groups excluding carboxylic acids is 2. The van der Waals surface area contributed by atoms with Crippen LogP contribution in [0.2, 0.25) is 0 Å². The van der Waals surface area contributed by atoms with E-state index < -0.39 is 6.61 Å². The summed E-state index contributed by atoms with van der Waals surface area (Å²) >= 11 is 0. The molecule has 1 aromatic carbocycles. The fourth-order valence-electron chi connectivity index (χ4n) is 2.66. The minimum absolute atomic E-state index is 0.135. The van der Waals surface area contributed by atoms with Crippen molar-refractivity contribution in [1.29, 1.82) is 0 Å². The third-order valence-electron chi connectivity index (χ3n) is 4.18. The molecule has 1 fully saturated rings. The van der Waals surface area contributed by atoms with Gasteiger partial charge in [-0.25, -0.2) is 0 Å². The molecule has 1 aliphatic rings. The van der Waals surface area contributed by atoms with Crippen LogP contribution in [0, 0.1) is 0 Å². The quantitative estimate of drug-likeness (QED) is 0.877. The third kappa shape index (κ3) is 4.31. The molecule has 0 unspecified atom stereocenters. The highest BCUT2D eigenvalue weighted by Gasteiger charge is 2.23. The molecule has 1 aliphatic heterocycles. The molecule has 2 amide bonds. The maximum Gasteiger partial charge on any atom is 0.248 e. The van der Waals surface area contributed by atoms with Crippen molar-refractivity contribution in [3.8, 4) is 0 Å². The van der Waals surface area contributed by atoms with Crippen LogP contribution in [0.3, 0.4) is 0 Å². The summed E-state index contributed by atoms with van der Waals surface area (Å²) < 4.78 is 0. The summed E-state index contributed by atoms with van der Waals surface area (Å²) in [6.45, 7) is 3.80. The Kier molecular flexibility index (Phi) is 5.95. The molecule has 0 bridgehead atoms. The van der Waals surface area contributed by atoms with Gasteiger partial charge >= 0.3 is 0 Å². The first kappa shape index (κ1) is 16.5. The number of rotatable bonds is 5. The maximum absolute atomic E-state index is 12.2. The minimum atomic E-state index is -0.457. The van der Waals surface area contributed by atoms with Gasteiger partial charge in [0.1, 0.15) is 6.61 Å². The fourth-order valence-corrected chi connectivity index (χ4v) is 2.66. The van der Waals surface area contributed by atoms with Crippen LogP contribution in [0.15, 0.2) is 24.3 Å². The number of nitrogens with zero attached hydrogens (tertiary/aromatic N) is 2. The second-order valence-electron chi connectivity index (χ2n) is 5.59. The average molecular weight is 304 g/mol. The van der Waals surface area contributed by atoms with E-state index in [-0.39, 0.29) is 11.8 Å². The number of hydrogen-bond donors (Lipinski definition) is 1.